The van der Waals surface area contributed by atoms with Crippen molar-refractivity contribution < 1.29 is 9.53 Å². The minimum Gasteiger partial charge on any atom is -0.492 e. The normalized spacial score (nSPS) is 18.1. The second kappa shape index (κ2) is 15.2. The number of carbonyl (C=O) groups is 1. The molecule has 2 saturated heterocycles. The van der Waals surface area contributed by atoms with E-state index in [4.69, 9.17) is 4.74 Å². The summed E-state index contributed by atoms with van der Waals surface area (Å²) in [5, 5.41) is 3.04. The van der Waals surface area contributed by atoms with Gasteiger partial charge in [-0.1, -0.05) is 38.1 Å². The van der Waals surface area contributed by atoms with E-state index in [0.717, 1.165) is 62.5 Å². The average Bonchev–Trinajstić information content (AvgIpc) is 2.97. The van der Waals surface area contributed by atoms with Crippen LogP contribution in [0.25, 0.3) is 0 Å². The number of carbonyl (C=O) groups excluding carboxylic acids is 1. The zero-order valence-corrected chi connectivity index (χ0v) is 26.3. The first-order valence-electron chi connectivity index (χ1n) is 16.0. The molecule has 6 heteroatoms. The van der Waals surface area contributed by atoms with Crippen molar-refractivity contribution in [1.82, 2.24) is 20.0 Å². The van der Waals surface area contributed by atoms with E-state index >= 15 is 0 Å². The van der Waals surface area contributed by atoms with Crippen LogP contribution in [0.4, 0.5) is 0 Å². The Morgan fingerprint density at radius 1 is 0.805 bits per heavy atom. The van der Waals surface area contributed by atoms with Crippen LogP contribution in [0, 0.1) is 11.8 Å². The van der Waals surface area contributed by atoms with Crippen LogP contribution in [-0.4, -0.2) is 78.6 Å². The van der Waals surface area contributed by atoms with Crippen molar-refractivity contribution in [2.75, 3.05) is 52.4 Å². The maximum atomic E-state index is 12.4. The fourth-order valence-electron chi connectivity index (χ4n) is 6.38. The molecule has 2 aromatic carbocycles. The summed E-state index contributed by atoms with van der Waals surface area (Å²) in [6.45, 7) is 21.1. The first-order chi connectivity index (χ1) is 19.7. The lowest BCUT2D eigenvalue weighted by Gasteiger charge is -2.40. The molecule has 1 N–H and O–H groups in total. The average molecular weight is 563 g/mol. The number of likely N-dealkylation sites (tertiary alicyclic amines) is 2. The molecule has 2 aliphatic rings. The van der Waals surface area contributed by atoms with E-state index in [0.29, 0.717) is 0 Å². The Morgan fingerprint density at radius 2 is 1.27 bits per heavy atom. The Kier molecular flexibility index (Phi) is 11.7. The predicted octanol–water partition coefficient (Wildman–Crippen LogP) is 6.06. The fraction of sp³-hybridized carbons (Fsp3) is 0.629. The summed E-state index contributed by atoms with van der Waals surface area (Å²) in [5.74, 6) is 2.71. The molecular weight excluding hydrogens is 508 g/mol. The number of piperidine rings is 2. The van der Waals surface area contributed by atoms with Gasteiger partial charge in [0.05, 0.1) is 0 Å². The fourth-order valence-corrected chi connectivity index (χ4v) is 6.38. The van der Waals surface area contributed by atoms with Crippen LogP contribution < -0.4 is 10.1 Å². The van der Waals surface area contributed by atoms with E-state index in [1.807, 2.05) is 32.9 Å². The molecule has 0 saturated carbocycles. The van der Waals surface area contributed by atoms with Gasteiger partial charge in [0.1, 0.15) is 12.4 Å². The van der Waals surface area contributed by atoms with Crippen LogP contribution in [0.5, 0.6) is 5.75 Å². The topological polar surface area (TPSA) is 48.1 Å². The van der Waals surface area contributed by atoms with Crippen molar-refractivity contribution in [1.29, 1.82) is 0 Å². The van der Waals surface area contributed by atoms with E-state index in [9.17, 15) is 4.79 Å². The minimum atomic E-state index is -0.219. The Morgan fingerprint density at radius 3 is 1.71 bits per heavy atom. The molecule has 1 amide bonds. The predicted molar refractivity (Wildman–Crippen MR) is 169 cm³/mol. The molecule has 0 radical (unpaired) electrons. The smallest absolute Gasteiger partial charge is 0.251 e. The highest BCUT2D eigenvalue weighted by molar-refractivity contribution is 5.94. The number of likely N-dealkylation sites (N-methyl/N-ethyl adjacent to an activating group) is 1. The van der Waals surface area contributed by atoms with Crippen molar-refractivity contribution in [2.45, 2.75) is 78.9 Å². The highest BCUT2D eigenvalue weighted by atomic mass is 16.5. The second-order valence-electron chi connectivity index (χ2n) is 13.1. The van der Waals surface area contributed by atoms with Gasteiger partial charge in [-0.3, -0.25) is 14.6 Å². The third-order valence-corrected chi connectivity index (χ3v) is 8.94. The summed E-state index contributed by atoms with van der Waals surface area (Å²) in [4.78, 5) is 20.0. The molecule has 0 atom stereocenters. The number of nitrogens with one attached hydrogen (secondary N) is 1. The number of nitrogens with zero attached hydrogens (tertiary/aromatic N) is 3. The van der Waals surface area contributed by atoms with Crippen molar-refractivity contribution in [3.05, 3.63) is 65.2 Å². The third-order valence-electron chi connectivity index (χ3n) is 8.94. The van der Waals surface area contributed by atoms with Crippen LogP contribution >= 0.6 is 0 Å². The van der Waals surface area contributed by atoms with Gasteiger partial charge in [0.15, 0.2) is 0 Å². The Bertz CT molecular complexity index is 1040. The maximum Gasteiger partial charge on any atom is 0.251 e. The van der Waals surface area contributed by atoms with E-state index in [1.165, 1.54) is 63.0 Å². The molecule has 0 bridgehead atoms. The first-order valence-corrected chi connectivity index (χ1v) is 16.0. The highest BCUT2D eigenvalue weighted by Gasteiger charge is 2.29. The van der Waals surface area contributed by atoms with Crippen molar-refractivity contribution in [2.24, 2.45) is 11.8 Å². The Labute approximate surface area is 249 Å². The molecular formula is C35H54N4O2. The van der Waals surface area contributed by atoms with Gasteiger partial charge in [-0.2, -0.15) is 0 Å². The zero-order chi connectivity index (χ0) is 29.2. The third kappa shape index (κ3) is 10.1. The monoisotopic (exact) mass is 562 g/mol. The first kappa shape index (κ1) is 31.5. The number of amides is 1. The van der Waals surface area contributed by atoms with Crippen LogP contribution in [0.2, 0.25) is 0 Å². The summed E-state index contributed by atoms with van der Waals surface area (Å²) < 4.78 is 5.96. The number of benzene rings is 2. The molecule has 226 valence electrons. The summed E-state index contributed by atoms with van der Waals surface area (Å²) in [7, 11) is 0. The second-order valence-corrected chi connectivity index (χ2v) is 13.1. The summed E-state index contributed by atoms with van der Waals surface area (Å²) >= 11 is 0. The van der Waals surface area contributed by atoms with E-state index in [2.05, 4.69) is 70.3 Å². The van der Waals surface area contributed by atoms with Crippen LogP contribution in [0.3, 0.4) is 0 Å². The van der Waals surface area contributed by atoms with E-state index < -0.39 is 0 Å². The lowest BCUT2D eigenvalue weighted by Crippen LogP contribution is -2.40. The van der Waals surface area contributed by atoms with E-state index in [1.54, 1.807) is 0 Å². The summed E-state index contributed by atoms with van der Waals surface area (Å²) in [5.41, 5.74) is 3.20. The SMILES string of the molecule is CCN(CC)CCOc1ccc(CN2CCC(C3CCN(Cc4ccc(C(=O)NC(C)(C)C)cc4)CC3)CC2)cc1. The zero-order valence-electron chi connectivity index (χ0n) is 26.3. The van der Waals surface area contributed by atoms with Crippen molar-refractivity contribution >= 4 is 5.91 Å². The van der Waals surface area contributed by atoms with Gasteiger partial charge in [-0.25, -0.2) is 0 Å². The number of ether oxygens (including phenoxy) is 1. The van der Waals surface area contributed by atoms with Crippen LogP contribution in [0.15, 0.2) is 48.5 Å². The van der Waals surface area contributed by atoms with E-state index in [-0.39, 0.29) is 11.4 Å². The van der Waals surface area contributed by atoms with Crippen molar-refractivity contribution in [3.8, 4) is 5.75 Å². The van der Waals surface area contributed by atoms with Gasteiger partial charge < -0.3 is 15.0 Å². The van der Waals surface area contributed by atoms with Gasteiger partial charge >= 0.3 is 0 Å². The van der Waals surface area contributed by atoms with Gasteiger partial charge in [0, 0.05) is 30.7 Å². The van der Waals surface area contributed by atoms with Crippen LogP contribution in [0.1, 0.15) is 81.8 Å². The number of rotatable bonds is 12. The van der Waals surface area contributed by atoms with Gasteiger partial charge in [-0.15, -0.1) is 0 Å². The quantitative estimate of drug-likeness (QED) is 0.341. The van der Waals surface area contributed by atoms with Gasteiger partial charge in [-0.05, 0) is 133 Å². The molecule has 2 heterocycles. The van der Waals surface area contributed by atoms with Crippen LogP contribution in [-0.2, 0) is 13.1 Å². The maximum absolute atomic E-state index is 12.4. The van der Waals surface area contributed by atoms with Gasteiger partial charge in [0.25, 0.3) is 5.91 Å². The molecule has 2 fully saturated rings. The minimum absolute atomic E-state index is 0.000278. The lowest BCUT2D eigenvalue weighted by atomic mass is 9.78. The van der Waals surface area contributed by atoms with Gasteiger partial charge in [0.2, 0.25) is 0 Å². The lowest BCUT2D eigenvalue weighted by molar-refractivity contribution is 0.0908. The molecule has 0 unspecified atom stereocenters. The highest BCUT2D eigenvalue weighted by Crippen LogP contribution is 2.33. The molecule has 0 aromatic heterocycles. The largest absolute Gasteiger partial charge is 0.492 e. The molecule has 0 aliphatic carbocycles. The standard InChI is InChI=1S/C35H54N4O2/c1-6-37(7-2)24-25-41-33-14-10-29(11-15-33)27-39-22-18-31(19-23-39)30-16-20-38(21-17-30)26-28-8-12-32(13-9-28)34(40)36-35(3,4)5/h8-15,30-31H,6-7,16-27H2,1-5H3,(H,36,40). The molecule has 0 spiro atoms. The molecule has 4 rings (SSSR count). The summed E-state index contributed by atoms with van der Waals surface area (Å²) in [6, 6.07) is 16.9. The summed E-state index contributed by atoms with van der Waals surface area (Å²) in [6.07, 6.45) is 5.28. The molecule has 2 aromatic rings. The Hall–Kier alpha value is -2.41. The number of hydrogen-bond acceptors (Lipinski definition) is 5. The Balaban J connectivity index is 1.13. The molecule has 41 heavy (non-hydrogen) atoms. The number of hydrogen-bond donors (Lipinski definition) is 1. The molecule has 2 aliphatic heterocycles. The van der Waals surface area contributed by atoms with Crippen molar-refractivity contribution in [3.63, 3.8) is 0 Å². The molecule has 6 nitrogen and oxygen atoms in total.